The minimum absolute atomic E-state index is 0.0140. The lowest BCUT2D eigenvalue weighted by atomic mass is 10.1. The Balaban J connectivity index is 1.22. The lowest BCUT2D eigenvalue weighted by Crippen LogP contribution is -2.50. The molecule has 0 radical (unpaired) electrons. The van der Waals surface area contributed by atoms with Crippen molar-refractivity contribution in [2.75, 3.05) is 51.3 Å². The Hall–Kier alpha value is -2.90. The van der Waals surface area contributed by atoms with Crippen molar-refractivity contribution in [1.29, 1.82) is 0 Å². The predicted molar refractivity (Wildman–Crippen MR) is 128 cm³/mol. The van der Waals surface area contributed by atoms with Gasteiger partial charge in [-0.2, -0.15) is 0 Å². The number of rotatable bonds is 7. The quantitative estimate of drug-likeness (QED) is 0.700. The maximum Gasteiger partial charge on any atom is 0.253 e. The van der Waals surface area contributed by atoms with Crippen LogP contribution in [0.25, 0.3) is 0 Å². The fourth-order valence-corrected chi connectivity index (χ4v) is 4.23. The Bertz CT molecular complexity index is 962. The minimum atomic E-state index is -0.0259. The number of carbonyl (C=O) groups excluding carboxylic acids is 2. The van der Waals surface area contributed by atoms with E-state index in [0.717, 1.165) is 42.0 Å². The summed E-state index contributed by atoms with van der Waals surface area (Å²) in [6.45, 7) is 8.29. The van der Waals surface area contributed by atoms with Crippen molar-refractivity contribution in [1.82, 2.24) is 9.80 Å². The van der Waals surface area contributed by atoms with E-state index in [1.807, 2.05) is 61.2 Å². The molecule has 1 N–H and O–H groups in total. The summed E-state index contributed by atoms with van der Waals surface area (Å²) in [6, 6.07) is 13.2. The molecule has 2 aromatic carbocycles. The Labute approximate surface area is 195 Å². The van der Waals surface area contributed by atoms with Crippen molar-refractivity contribution in [3.8, 4) is 5.75 Å². The number of hydrogen-bond acceptors (Lipinski definition) is 5. The zero-order valence-electron chi connectivity index (χ0n) is 19.5. The average Bonchev–Trinajstić information content (AvgIpc) is 3.35. The van der Waals surface area contributed by atoms with Crippen molar-refractivity contribution >= 4 is 17.5 Å². The third-order valence-corrected chi connectivity index (χ3v) is 6.47. The van der Waals surface area contributed by atoms with Crippen molar-refractivity contribution in [2.45, 2.75) is 32.8 Å². The summed E-state index contributed by atoms with van der Waals surface area (Å²) in [4.78, 5) is 29.3. The van der Waals surface area contributed by atoms with Crippen LogP contribution in [0.4, 0.5) is 5.69 Å². The number of aryl methyl sites for hydroxylation is 1. The van der Waals surface area contributed by atoms with E-state index in [1.54, 1.807) is 0 Å². The summed E-state index contributed by atoms with van der Waals surface area (Å²) in [6.07, 6.45) is 2.30. The highest BCUT2D eigenvalue weighted by molar-refractivity contribution is 5.95. The molecule has 0 bridgehead atoms. The van der Waals surface area contributed by atoms with Crippen molar-refractivity contribution in [3.63, 3.8) is 0 Å². The van der Waals surface area contributed by atoms with E-state index in [1.165, 1.54) is 0 Å². The van der Waals surface area contributed by atoms with Crippen LogP contribution in [-0.4, -0.2) is 73.7 Å². The van der Waals surface area contributed by atoms with Crippen LogP contribution in [-0.2, 0) is 9.53 Å². The topological polar surface area (TPSA) is 71.1 Å². The molecule has 2 fully saturated rings. The number of amides is 2. The van der Waals surface area contributed by atoms with E-state index in [2.05, 4.69) is 10.2 Å². The van der Waals surface area contributed by atoms with Crippen LogP contribution in [0.5, 0.6) is 5.75 Å². The zero-order chi connectivity index (χ0) is 23.2. The molecular formula is C26H33N3O4. The fourth-order valence-electron chi connectivity index (χ4n) is 4.23. The smallest absolute Gasteiger partial charge is 0.253 e. The van der Waals surface area contributed by atoms with E-state index in [9.17, 15) is 9.59 Å². The van der Waals surface area contributed by atoms with Gasteiger partial charge in [0.25, 0.3) is 5.91 Å². The summed E-state index contributed by atoms with van der Waals surface area (Å²) < 4.78 is 11.4. The van der Waals surface area contributed by atoms with Gasteiger partial charge in [0.2, 0.25) is 5.91 Å². The zero-order valence-corrected chi connectivity index (χ0v) is 19.5. The van der Waals surface area contributed by atoms with E-state index in [4.69, 9.17) is 9.47 Å². The molecule has 2 aliphatic rings. The average molecular weight is 452 g/mol. The molecule has 4 rings (SSSR count). The summed E-state index contributed by atoms with van der Waals surface area (Å²) >= 11 is 0. The molecule has 2 heterocycles. The van der Waals surface area contributed by atoms with E-state index < -0.39 is 0 Å². The van der Waals surface area contributed by atoms with Gasteiger partial charge >= 0.3 is 0 Å². The molecule has 0 aromatic heterocycles. The third-order valence-electron chi connectivity index (χ3n) is 6.47. The van der Waals surface area contributed by atoms with Crippen LogP contribution in [0, 0.1) is 13.8 Å². The SMILES string of the molecule is Cc1cccc(NC(=O)CN2CCN(C(=O)c3ccc(OCC4CCCO4)cc3)CC2)c1C. The van der Waals surface area contributed by atoms with Gasteiger partial charge in [-0.15, -0.1) is 0 Å². The Morgan fingerprint density at radius 3 is 2.52 bits per heavy atom. The number of piperazine rings is 1. The van der Waals surface area contributed by atoms with Gasteiger partial charge < -0.3 is 19.7 Å². The molecule has 176 valence electrons. The van der Waals surface area contributed by atoms with Gasteiger partial charge in [-0.05, 0) is 68.1 Å². The van der Waals surface area contributed by atoms with Gasteiger partial charge in [-0.3, -0.25) is 14.5 Å². The Morgan fingerprint density at radius 2 is 1.82 bits per heavy atom. The first-order chi connectivity index (χ1) is 16.0. The highest BCUT2D eigenvalue weighted by atomic mass is 16.5. The van der Waals surface area contributed by atoms with E-state index in [-0.39, 0.29) is 17.9 Å². The van der Waals surface area contributed by atoms with Crippen LogP contribution < -0.4 is 10.1 Å². The molecule has 1 atom stereocenters. The molecule has 2 aliphatic heterocycles. The second-order valence-corrected chi connectivity index (χ2v) is 8.83. The second kappa shape index (κ2) is 10.8. The third kappa shape index (κ3) is 6.12. The summed E-state index contributed by atoms with van der Waals surface area (Å²) in [5.74, 6) is 0.740. The number of anilines is 1. The van der Waals surface area contributed by atoms with Crippen LogP contribution in [0.2, 0.25) is 0 Å². The highest BCUT2D eigenvalue weighted by Gasteiger charge is 2.23. The maximum absolute atomic E-state index is 12.9. The molecular weight excluding hydrogens is 418 g/mol. The largest absolute Gasteiger partial charge is 0.491 e. The first kappa shape index (κ1) is 23.3. The van der Waals surface area contributed by atoms with Crippen LogP contribution in [0.3, 0.4) is 0 Å². The number of ether oxygens (including phenoxy) is 2. The molecule has 0 aliphatic carbocycles. The number of carbonyl (C=O) groups is 2. The maximum atomic E-state index is 12.9. The number of hydrogen-bond donors (Lipinski definition) is 1. The monoisotopic (exact) mass is 451 g/mol. The number of nitrogens with one attached hydrogen (secondary N) is 1. The van der Waals surface area contributed by atoms with Crippen LogP contribution in [0.1, 0.15) is 34.3 Å². The first-order valence-corrected chi connectivity index (χ1v) is 11.7. The van der Waals surface area contributed by atoms with Gasteiger partial charge in [0.05, 0.1) is 12.6 Å². The van der Waals surface area contributed by atoms with Gasteiger partial charge in [0, 0.05) is 44.0 Å². The van der Waals surface area contributed by atoms with Gasteiger partial charge in [-0.1, -0.05) is 12.1 Å². The molecule has 0 spiro atoms. The molecule has 33 heavy (non-hydrogen) atoms. The molecule has 2 saturated heterocycles. The van der Waals surface area contributed by atoms with Crippen molar-refractivity contribution < 1.29 is 19.1 Å². The first-order valence-electron chi connectivity index (χ1n) is 11.7. The standard InChI is InChI=1S/C26H33N3O4/c1-19-5-3-7-24(20(19)2)27-25(30)17-28-12-14-29(15-13-28)26(31)21-8-10-22(11-9-21)33-18-23-6-4-16-32-23/h3,5,7-11,23H,4,6,12-18H2,1-2H3,(H,27,30). The Kier molecular flexibility index (Phi) is 7.62. The summed E-state index contributed by atoms with van der Waals surface area (Å²) in [5.41, 5.74) is 3.75. The highest BCUT2D eigenvalue weighted by Crippen LogP contribution is 2.19. The fraction of sp³-hybridized carbons (Fsp3) is 0.462. The molecule has 2 aromatic rings. The normalized spacial score (nSPS) is 18.8. The van der Waals surface area contributed by atoms with Crippen LogP contribution in [0.15, 0.2) is 42.5 Å². The second-order valence-electron chi connectivity index (χ2n) is 8.83. The van der Waals surface area contributed by atoms with E-state index in [0.29, 0.717) is 44.9 Å². The van der Waals surface area contributed by atoms with E-state index >= 15 is 0 Å². The van der Waals surface area contributed by atoms with Gasteiger partial charge in [-0.25, -0.2) is 0 Å². The van der Waals surface area contributed by atoms with Crippen molar-refractivity contribution in [2.24, 2.45) is 0 Å². The van der Waals surface area contributed by atoms with Crippen LogP contribution >= 0.6 is 0 Å². The lowest BCUT2D eigenvalue weighted by molar-refractivity contribution is -0.117. The summed E-state index contributed by atoms with van der Waals surface area (Å²) in [7, 11) is 0. The molecule has 2 amide bonds. The molecule has 7 heteroatoms. The number of nitrogens with zero attached hydrogens (tertiary/aromatic N) is 2. The Morgan fingerprint density at radius 1 is 1.06 bits per heavy atom. The minimum Gasteiger partial charge on any atom is -0.491 e. The molecule has 7 nitrogen and oxygen atoms in total. The molecule has 0 saturated carbocycles. The van der Waals surface area contributed by atoms with Gasteiger partial charge in [0.15, 0.2) is 0 Å². The lowest BCUT2D eigenvalue weighted by Gasteiger charge is -2.34. The summed E-state index contributed by atoms with van der Waals surface area (Å²) in [5, 5.41) is 3.01. The number of benzene rings is 2. The molecule has 1 unspecified atom stereocenters. The van der Waals surface area contributed by atoms with Crippen molar-refractivity contribution in [3.05, 3.63) is 59.2 Å². The predicted octanol–water partition coefficient (Wildman–Crippen LogP) is 3.26. The van der Waals surface area contributed by atoms with Gasteiger partial charge in [0.1, 0.15) is 12.4 Å².